The lowest BCUT2D eigenvalue weighted by Gasteiger charge is -2.21. The van der Waals surface area contributed by atoms with Crippen LogP contribution in [-0.2, 0) is 9.53 Å². The van der Waals surface area contributed by atoms with Gasteiger partial charge in [0.15, 0.2) is 0 Å². The van der Waals surface area contributed by atoms with Crippen molar-refractivity contribution in [1.29, 1.82) is 0 Å². The largest absolute Gasteiger partial charge is 0.462 e. The summed E-state index contributed by atoms with van der Waals surface area (Å²) in [4.78, 5) is 11.7. The summed E-state index contributed by atoms with van der Waals surface area (Å²) in [6.07, 6.45) is 17.2. The summed E-state index contributed by atoms with van der Waals surface area (Å²) in [6, 6.07) is 0. The molecular formula is C22H36O4. The molecule has 1 saturated heterocycles. The summed E-state index contributed by atoms with van der Waals surface area (Å²) in [6.45, 7) is 2.19. The molecule has 4 heteroatoms. The zero-order valence-corrected chi connectivity index (χ0v) is 16.2. The van der Waals surface area contributed by atoms with Gasteiger partial charge in [-0.3, -0.25) is 4.79 Å². The zero-order valence-electron chi connectivity index (χ0n) is 16.2. The lowest BCUT2D eigenvalue weighted by atomic mass is 10.0. The van der Waals surface area contributed by atoms with Crippen LogP contribution in [0.25, 0.3) is 0 Å². The maximum atomic E-state index is 11.7. The highest BCUT2D eigenvalue weighted by Gasteiger charge is 2.47. The van der Waals surface area contributed by atoms with Gasteiger partial charge in [-0.15, -0.1) is 0 Å². The smallest absolute Gasteiger partial charge is 0.306 e. The number of hydrogen-bond acceptors (Lipinski definition) is 4. The van der Waals surface area contributed by atoms with Gasteiger partial charge in [0, 0.05) is 12.3 Å². The number of cyclic esters (lactones) is 1. The first kappa shape index (κ1) is 21.2. The fourth-order valence-corrected chi connectivity index (χ4v) is 3.76. The number of carbonyl (C=O) groups excluding carboxylic acids is 1. The first-order chi connectivity index (χ1) is 12.6. The molecule has 4 nitrogen and oxygen atoms in total. The maximum Gasteiger partial charge on any atom is 0.306 e. The van der Waals surface area contributed by atoms with Gasteiger partial charge in [0.2, 0.25) is 0 Å². The Labute approximate surface area is 158 Å². The van der Waals surface area contributed by atoms with Gasteiger partial charge in [0.1, 0.15) is 6.10 Å². The van der Waals surface area contributed by atoms with Crippen LogP contribution >= 0.6 is 0 Å². The Morgan fingerprint density at radius 3 is 2.81 bits per heavy atom. The third-order valence-electron chi connectivity index (χ3n) is 5.51. The van der Waals surface area contributed by atoms with Gasteiger partial charge in [0.25, 0.3) is 0 Å². The van der Waals surface area contributed by atoms with Gasteiger partial charge in [-0.1, -0.05) is 50.5 Å². The van der Waals surface area contributed by atoms with Crippen LogP contribution in [0.3, 0.4) is 0 Å². The number of aliphatic hydroxyl groups excluding tert-OH is 2. The van der Waals surface area contributed by atoms with E-state index in [-0.39, 0.29) is 23.9 Å². The van der Waals surface area contributed by atoms with Gasteiger partial charge < -0.3 is 14.9 Å². The van der Waals surface area contributed by atoms with Gasteiger partial charge in [0.05, 0.1) is 12.2 Å². The van der Waals surface area contributed by atoms with Crippen molar-refractivity contribution < 1.29 is 19.7 Å². The molecule has 0 amide bonds. The molecule has 0 radical (unpaired) electrons. The standard InChI is InChI=1S/C22H36O4/c1-2-3-4-5-6-8-11-17(23)14-15-20(24)18-16-19(18)21-12-9-7-10-13-22(25)26-21/h6,8,14-15,17-21,23-24H,2-5,7,9-13,16H2,1H3/b8-6-,15-14+/t17?,18-,19?,20+,21-/m1/s1. The van der Waals surface area contributed by atoms with E-state index in [1.165, 1.54) is 19.3 Å². The average Bonchev–Trinajstić information content (AvgIpc) is 3.39. The number of aliphatic hydroxyl groups is 2. The summed E-state index contributed by atoms with van der Waals surface area (Å²) in [5, 5.41) is 20.3. The molecule has 0 aromatic heterocycles. The van der Waals surface area contributed by atoms with Crippen LogP contribution < -0.4 is 0 Å². The average molecular weight is 365 g/mol. The molecule has 0 aromatic carbocycles. The molecule has 148 valence electrons. The molecule has 1 saturated carbocycles. The van der Waals surface area contributed by atoms with Gasteiger partial charge >= 0.3 is 5.97 Å². The minimum absolute atomic E-state index is 0.0353. The molecule has 2 aliphatic rings. The van der Waals surface area contributed by atoms with Crippen LogP contribution in [0.2, 0.25) is 0 Å². The fraction of sp³-hybridized carbons (Fsp3) is 0.773. The van der Waals surface area contributed by atoms with E-state index in [2.05, 4.69) is 13.0 Å². The molecule has 2 fully saturated rings. The van der Waals surface area contributed by atoms with Crippen molar-refractivity contribution in [3.8, 4) is 0 Å². The van der Waals surface area contributed by atoms with Crippen molar-refractivity contribution in [3.05, 3.63) is 24.3 Å². The lowest BCUT2D eigenvalue weighted by Crippen LogP contribution is -2.24. The number of esters is 1. The summed E-state index contributed by atoms with van der Waals surface area (Å²) < 4.78 is 5.58. The summed E-state index contributed by atoms with van der Waals surface area (Å²) >= 11 is 0. The third kappa shape index (κ3) is 7.63. The maximum absolute atomic E-state index is 11.7. The summed E-state index contributed by atoms with van der Waals surface area (Å²) in [7, 11) is 0. The molecule has 2 unspecified atom stereocenters. The Balaban J connectivity index is 1.68. The summed E-state index contributed by atoms with van der Waals surface area (Å²) in [5.41, 5.74) is 0. The van der Waals surface area contributed by atoms with E-state index in [0.29, 0.717) is 12.8 Å². The molecule has 0 aromatic rings. The minimum Gasteiger partial charge on any atom is -0.462 e. The quantitative estimate of drug-likeness (QED) is 0.344. The fourth-order valence-electron chi connectivity index (χ4n) is 3.76. The van der Waals surface area contributed by atoms with Gasteiger partial charge in [-0.2, -0.15) is 0 Å². The first-order valence-electron chi connectivity index (χ1n) is 10.5. The van der Waals surface area contributed by atoms with Crippen LogP contribution in [0.4, 0.5) is 0 Å². The number of carbonyl (C=O) groups is 1. The second-order valence-electron chi connectivity index (χ2n) is 7.84. The van der Waals surface area contributed by atoms with E-state index in [9.17, 15) is 15.0 Å². The third-order valence-corrected chi connectivity index (χ3v) is 5.51. The van der Waals surface area contributed by atoms with Crippen LogP contribution in [-0.4, -0.2) is 34.5 Å². The Morgan fingerprint density at radius 2 is 2.00 bits per heavy atom. The monoisotopic (exact) mass is 364 g/mol. The Hall–Kier alpha value is -1.13. The van der Waals surface area contributed by atoms with Crippen LogP contribution in [0.5, 0.6) is 0 Å². The second kappa shape index (κ2) is 11.6. The van der Waals surface area contributed by atoms with Crippen LogP contribution in [0.1, 0.15) is 77.6 Å². The van der Waals surface area contributed by atoms with E-state index in [4.69, 9.17) is 4.74 Å². The minimum atomic E-state index is -0.563. The molecular weight excluding hydrogens is 328 g/mol. The number of ether oxygens (including phenoxy) is 1. The van der Waals surface area contributed by atoms with Crippen molar-refractivity contribution in [3.63, 3.8) is 0 Å². The van der Waals surface area contributed by atoms with Crippen molar-refractivity contribution in [1.82, 2.24) is 0 Å². The molecule has 1 aliphatic heterocycles. The highest BCUT2D eigenvalue weighted by atomic mass is 16.5. The van der Waals surface area contributed by atoms with E-state index < -0.39 is 12.2 Å². The predicted octanol–water partition coefficient (Wildman–Crippen LogP) is 4.30. The lowest BCUT2D eigenvalue weighted by molar-refractivity contribution is -0.152. The molecule has 5 atom stereocenters. The number of rotatable bonds is 10. The van der Waals surface area contributed by atoms with E-state index in [1.54, 1.807) is 12.2 Å². The Kier molecular flexibility index (Phi) is 9.41. The van der Waals surface area contributed by atoms with Crippen molar-refractivity contribution in [2.45, 2.75) is 95.9 Å². The topological polar surface area (TPSA) is 66.8 Å². The summed E-state index contributed by atoms with van der Waals surface area (Å²) in [5.74, 6) is 0.332. The predicted molar refractivity (Wildman–Crippen MR) is 104 cm³/mol. The molecule has 0 spiro atoms. The number of hydrogen-bond donors (Lipinski definition) is 2. The van der Waals surface area contributed by atoms with Crippen LogP contribution in [0, 0.1) is 11.8 Å². The van der Waals surface area contributed by atoms with Gasteiger partial charge in [-0.05, 0) is 50.9 Å². The first-order valence-corrected chi connectivity index (χ1v) is 10.5. The Morgan fingerprint density at radius 1 is 1.15 bits per heavy atom. The molecule has 2 N–H and O–H groups in total. The zero-order chi connectivity index (χ0) is 18.8. The number of unbranched alkanes of at least 4 members (excludes halogenated alkanes) is 3. The molecule has 1 aliphatic carbocycles. The molecule has 1 heterocycles. The molecule has 0 bridgehead atoms. The van der Waals surface area contributed by atoms with Crippen molar-refractivity contribution in [2.24, 2.45) is 11.8 Å². The Bertz CT molecular complexity index is 471. The highest BCUT2D eigenvalue weighted by molar-refractivity contribution is 5.69. The number of allylic oxidation sites excluding steroid dienone is 1. The van der Waals surface area contributed by atoms with Crippen molar-refractivity contribution in [2.75, 3.05) is 0 Å². The normalized spacial score (nSPS) is 29.3. The van der Waals surface area contributed by atoms with Crippen molar-refractivity contribution >= 4 is 5.97 Å². The van der Waals surface area contributed by atoms with Gasteiger partial charge in [-0.25, -0.2) is 0 Å². The second-order valence-corrected chi connectivity index (χ2v) is 7.84. The van der Waals surface area contributed by atoms with Crippen LogP contribution in [0.15, 0.2) is 24.3 Å². The molecule has 26 heavy (non-hydrogen) atoms. The molecule has 2 rings (SSSR count). The van der Waals surface area contributed by atoms with E-state index >= 15 is 0 Å². The van der Waals surface area contributed by atoms with E-state index in [0.717, 1.165) is 38.5 Å². The van der Waals surface area contributed by atoms with E-state index in [1.807, 2.05) is 6.08 Å². The highest BCUT2D eigenvalue weighted by Crippen LogP contribution is 2.47. The SMILES string of the molecule is CCCCC/C=C\CC(O)/C=C/[C@H](O)[C@@H]1CC1[C@H]1CCCCCC(=O)O1.